The molecular weight excluding hydrogens is 240 g/mol. The Morgan fingerprint density at radius 1 is 1.24 bits per heavy atom. The van der Waals surface area contributed by atoms with E-state index in [0.29, 0.717) is 19.8 Å². The second kappa shape index (κ2) is 8.02. The molecule has 2 unspecified atom stereocenters. The first-order valence-corrected chi connectivity index (χ1v) is 7.63. The van der Waals surface area contributed by atoms with Crippen LogP contribution < -0.4 is 10.0 Å². The molecule has 0 aliphatic carbocycles. The van der Waals surface area contributed by atoms with Crippen molar-refractivity contribution in [1.29, 1.82) is 0 Å². The minimum Gasteiger partial charge on any atom is -0.380 e. The van der Waals surface area contributed by atoms with Gasteiger partial charge in [-0.2, -0.15) is 0 Å². The van der Waals surface area contributed by atoms with Gasteiger partial charge in [0.15, 0.2) is 0 Å². The second-order valence-corrected chi connectivity index (χ2v) is 6.67. The first-order chi connectivity index (χ1) is 7.85. The number of ether oxygens (including phenoxy) is 1. The molecule has 2 N–H and O–H groups in total. The van der Waals surface area contributed by atoms with Gasteiger partial charge in [0.2, 0.25) is 10.0 Å². The average molecular weight is 266 g/mol. The predicted octanol–water partition coefficient (Wildman–Crippen LogP) is 0.575. The molecule has 0 amide bonds. The summed E-state index contributed by atoms with van der Waals surface area (Å²) in [5, 5.41) is 2.42. The fourth-order valence-corrected chi connectivity index (χ4v) is 2.71. The van der Waals surface area contributed by atoms with Crippen molar-refractivity contribution in [2.75, 3.05) is 26.8 Å². The molecule has 0 saturated carbocycles. The third-order valence-electron chi connectivity index (χ3n) is 2.64. The zero-order valence-electron chi connectivity index (χ0n) is 11.5. The predicted molar refractivity (Wildman–Crippen MR) is 70.6 cm³/mol. The van der Waals surface area contributed by atoms with Crippen LogP contribution in [0.15, 0.2) is 0 Å². The Hall–Kier alpha value is -0.170. The molecule has 0 spiro atoms. The van der Waals surface area contributed by atoms with Crippen LogP contribution in [0.4, 0.5) is 0 Å². The summed E-state index contributed by atoms with van der Waals surface area (Å²) in [6, 6.07) is -0.167. The molecular formula is C11H26N2O3S. The van der Waals surface area contributed by atoms with Crippen LogP contribution in [0.1, 0.15) is 27.7 Å². The Morgan fingerprint density at radius 2 is 1.82 bits per heavy atom. The van der Waals surface area contributed by atoms with Crippen LogP contribution in [0.3, 0.4) is 0 Å². The molecule has 0 aromatic heterocycles. The molecule has 0 aromatic rings. The van der Waals surface area contributed by atoms with Crippen LogP contribution in [-0.2, 0) is 14.8 Å². The quantitative estimate of drug-likeness (QED) is 0.640. The van der Waals surface area contributed by atoms with Crippen LogP contribution in [0.5, 0.6) is 0 Å². The Labute approximate surface area is 105 Å². The largest absolute Gasteiger partial charge is 0.380 e. The average Bonchev–Trinajstić information content (AvgIpc) is 2.24. The topological polar surface area (TPSA) is 67.4 Å². The summed E-state index contributed by atoms with van der Waals surface area (Å²) in [5.74, 6) is 0.207. The number of nitrogens with one attached hydrogen (secondary N) is 2. The maximum Gasteiger partial charge on any atom is 0.215 e. The molecule has 0 radical (unpaired) electrons. The van der Waals surface area contributed by atoms with Crippen LogP contribution in [0, 0.1) is 5.92 Å². The zero-order valence-corrected chi connectivity index (χ0v) is 12.3. The highest BCUT2D eigenvalue weighted by Crippen LogP contribution is 2.07. The van der Waals surface area contributed by atoms with Crippen LogP contribution in [0.2, 0.25) is 0 Å². The second-order valence-electron chi connectivity index (χ2n) is 4.54. The standard InChI is InChI=1S/C11H26N2O3S/c1-6-16-8-11(9(2)3)13-17(14,15)10(4)7-12-5/h9-13H,6-8H2,1-5H3. The Balaban J connectivity index is 4.52. The molecule has 5 nitrogen and oxygen atoms in total. The van der Waals surface area contributed by atoms with E-state index in [1.807, 2.05) is 20.8 Å². The highest BCUT2D eigenvalue weighted by Gasteiger charge is 2.25. The van der Waals surface area contributed by atoms with E-state index in [1.54, 1.807) is 14.0 Å². The lowest BCUT2D eigenvalue weighted by Crippen LogP contribution is -2.47. The van der Waals surface area contributed by atoms with Gasteiger partial charge in [0.05, 0.1) is 11.9 Å². The molecule has 0 aromatic carbocycles. The van der Waals surface area contributed by atoms with E-state index < -0.39 is 15.3 Å². The van der Waals surface area contributed by atoms with E-state index in [-0.39, 0.29) is 12.0 Å². The normalized spacial score (nSPS) is 16.1. The van der Waals surface area contributed by atoms with Crippen molar-refractivity contribution in [2.45, 2.75) is 39.0 Å². The molecule has 17 heavy (non-hydrogen) atoms. The number of rotatable bonds is 9. The molecule has 0 fully saturated rings. The first kappa shape index (κ1) is 16.8. The Bertz CT molecular complexity index is 291. The number of sulfonamides is 1. The summed E-state index contributed by atoms with van der Waals surface area (Å²) in [4.78, 5) is 0. The van der Waals surface area contributed by atoms with Gasteiger partial charge < -0.3 is 10.1 Å². The van der Waals surface area contributed by atoms with Crippen LogP contribution in [0.25, 0.3) is 0 Å². The minimum absolute atomic E-state index is 0.167. The van der Waals surface area contributed by atoms with Crippen LogP contribution in [-0.4, -0.2) is 46.5 Å². The summed E-state index contributed by atoms with van der Waals surface area (Å²) in [5.41, 5.74) is 0. The van der Waals surface area contributed by atoms with Gasteiger partial charge in [-0.25, -0.2) is 13.1 Å². The van der Waals surface area contributed by atoms with Gasteiger partial charge in [-0.15, -0.1) is 0 Å². The van der Waals surface area contributed by atoms with Crippen molar-refractivity contribution in [1.82, 2.24) is 10.0 Å². The van der Waals surface area contributed by atoms with E-state index in [1.165, 1.54) is 0 Å². The molecule has 104 valence electrons. The van der Waals surface area contributed by atoms with E-state index in [4.69, 9.17) is 4.74 Å². The Morgan fingerprint density at radius 3 is 2.24 bits per heavy atom. The van der Waals surface area contributed by atoms with Crippen molar-refractivity contribution in [3.05, 3.63) is 0 Å². The van der Waals surface area contributed by atoms with Crippen molar-refractivity contribution >= 4 is 10.0 Å². The molecule has 2 atom stereocenters. The smallest absolute Gasteiger partial charge is 0.215 e. The minimum atomic E-state index is -3.29. The first-order valence-electron chi connectivity index (χ1n) is 6.08. The van der Waals surface area contributed by atoms with Gasteiger partial charge >= 0.3 is 0 Å². The SMILES string of the molecule is CCOCC(NS(=O)(=O)C(C)CNC)C(C)C. The van der Waals surface area contributed by atoms with Crippen LogP contribution >= 0.6 is 0 Å². The zero-order chi connectivity index (χ0) is 13.5. The summed E-state index contributed by atoms with van der Waals surface area (Å²) >= 11 is 0. The maximum absolute atomic E-state index is 12.0. The van der Waals surface area contributed by atoms with Crippen molar-refractivity contribution in [2.24, 2.45) is 5.92 Å². The van der Waals surface area contributed by atoms with Gasteiger partial charge in [0, 0.05) is 19.2 Å². The molecule has 0 rings (SSSR count). The molecule has 0 heterocycles. The molecule has 0 saturated heterocycles. The summed E-state index contributed by atoms with van der Waals surface area (Å²) in [6.07, 6.45) is 0. The molecule has 6 heteroatoms. The number of hydrogen-bond donors (Lipinski definition) is 2. The molecule has 0 bridgehead atoms. The highest BCUT2D eigenvalue weighted by molar-refractivity contribution is 7.90. The summed E-state index contributed by atoms with van der Waals surface area (Å²) in [7, 11) is -1.55. The lowest BCUT2D eigenvalue weighted by atomic mass is 10.1. The third-order valence-corrected chi connectivity index (χ3v) is 4.50. The van der Waals surface area contributed by atoms with Gasteiger partial charge in [-0.05, 0) is 26.8 Å². The van der Waals surface area contributed by atoms with E-state index in [9.17, 15) is 8.42 Å². The Kier molecular flexibility index (Phi) is 7.94. The van der Waals surface area contributed by atoms with Crippen molar-refractivity contribution < 1.29 is 13.2 Å². The lowest BCUT2D eigenvalue weighted by molar-refractivity contribution is 0.116. The fourth-order valence-electron chi connectivity index (χ4n) is 1.33. The summed E-state index contributed by atoms with van der Waals surface area (Å²) in [6.45, 7) is 9.00. The van der Waals surface area contributed by atoms with Crippen molar-refractivity contribution in [3.63, 3.8) is 0 Å². The van der Waals surface area contributed by atoms with Gasteiger partial charge in [0.1, 0.15) is 0 Å². The third kappa shape index (κ3) is 6.35. The molecule has 0 aliphatic rings. The van der Waals surface area contributed by atoms with Crippen molar-refractivity contribution in [3.8, 4) is 0 Å². The number of hydrogen-bond acceptors (Lipinski definition) is 4. The highest BCUT2D eigenvalue weighted by atomic mass is 32.2. The van der Waals surface area contributed by atoms with E-state index in [2.05, 4.69) is 10.0 Å². The van der Waals surface area contributed by atoms with E-state index >= 15 is 0 Å². The van der Waals surface area contributed by atoms with Gasteiger partial charge in [-0.3, -0.25) is 0 Å². The monoisotopic (exact) mass is 266 g/mol. The summed E-state index contributed by atoms with van der Waals surface area (Å²) < 4.78 is 32.0. The van der Waals surface area contributed by atoms with Gasteiger partial charge in [0.25, 0.3) is 0 Å². The fraction of sp³-hybridized carbons (Fsp3) is 1.00. The maximum atomic E-state index is 12.0. The molecule has 0 aliphatic heterocycles. The van der Waals surface area contributed by atoms with E-state index in [0.717, 1.165) is 0 Å². The lowest BCUT2D eigenvalue weighted by Gasteiger charge is -2.24. The van der Waals surface area contributed by atoms with Gasteiger partial charge in [-0.1, -0.05) is 13.8 Å².